The Bertz CT molecular complexity index is 6.00. The average Bonchev–Trinajstić information content (AvgIpc) is 0. The van der Waals surface area contributed by atoms with Crippen molar-refractivity contribution in [1.82, 2.24) is 0 Å². The molecule has 0 saturated heterocycles. The van der Waals surface area contributed by atoms with Gasteiger partial charge in [-0.05, 0) is 0 Å². The van der Waals surface area contributed by atoms with Gasteiger partial charge in [0.15, 0.2) is 0 Å². The zero-order chi connectivity index (χ0) is 0. The Morgan fingerprint density at radius 1 is 1.00 bits per heavy atom. The number of rotatable bonds is 0. The zero-order valence-corrected chi connectivity index (χ0v) is 3.41. The topological polar surface area (TPSA) is 58.5 Å². The van der Waals surface area contributed by atoms with Crippen molar-refractivity contribution in [1.29, 1.82) is 0 Å². The van der Waals surface area contributed by atoms with E-state index in [0.29, 0.717) is 0 Å². The smallest absolute Gasteiger partial charge is 2.00 e. The molecule has 0 aromatic heterocycles. The van der Waals surface area contributed by atoms with Crippen LogP contribution >= 0.6 is 0 Å². The van der Waals surface area contributed by atoms with Crippen LogP contribution in [0, 0.1) is 0 Å². The van der Waals surface area contributed by atoms with Crippen molar-refractivity contribution in [2.75, 3.05) is 0 Å². The fourth-order valence-electron chi connectivity index (χ4n) is 0. The van der Waals surface area contributed by atoms with E-state index in [2.05, 4.69) is 0 Å². The molecule has 0 fully saturated rings. The van der Waals surface area contributed by atoms with Crippen molar-refractivity contribution in [3.05, 3.63) is 0 Å². The summed E-state index contributed by atoms with van der Waals surface area (Å²) in [5, 5.41) is 0. The summed E-state index contributed by atoms with van der Waals surface area (Å²) < 4.78 is 0. The van der Waals surface area contributed by atoms with Gasteiger partial charge in [-0.15, -0.1) is 0 Å². The normalized spacial score (nSPS) is 0. The number of hydrogen-bond donors (Lipinski definition) is 0. The molecule has 0 bridgehead atoms. The standard InChI is InChI=1S/Li.Mn.H2O.O/h;;1H2;/q+1;+2;;-2/p-1. The molecule has 1 N–H and O–H groups in total. The van der Waals surface area contributed by atoms with Gasteiger partial charge >= 0.3 is 35.9 Å². The largest absolute Gasteiger partial charge is 2.00 e. The molecule has 0 atom stereocenters. The van der Waals surface area contributed by atoms with Crippen molar-refractivity contribution in [2.24, 2.45) is 0 Å². The van der Waals surface area contributed by atoms with Crippen molar-refractivity contribution in [3.8, 4) is 0 Å². The van der Waals surface area contributed by atoms with Crippen LogP contribution in [0.25, 0.3) is 0 Å². The summed E-state index contributed by atoms with van der Waals surface area (Å²) in [6.45, 7) is 0. The molecule has 0 amide bonds. The van der Waals surface area contributed by atoms with E-state index >= 15 is 0 Å². The molecule has 0 heterocycles. The summed E-state index contributed by atoms with van der Waals surface area (Å²) in [4.78, 5) is 0. The Morgan fingerprint density at radius 3 is 1.00 bits per heavy atom. The molecule has 0 aliphatic carbocycles. The Morgan fingerprint density at radius 2 is 1.00 bits per heavy atom. The second kappa shape index (κ2) is 34.6. The van der Waals surface area contributed by atoms with Crippen LogP contribution in [-0.2, 0) is 22.5 Å². The predicted octanol–water partition coefficient (Wildman–Crippen LogP) is -3.29. The number of hydrogen-bond acceptors (Lipinski definition) is 1. The first kappa shape index (κ1) is 76.3. The third-order valence-corrected chi connectivity index (χ3v) is 0. The van der Waals surface area contributed by atoms with Gasteiger partial charge in [0.2, 0.25) is 0 Å². The summed E-state index contributed by atoms with van der Waals surface area (Å²) in [7, 11) is 0. The van der Waals surface area contributed by atoms with E-state index in [0.717, 1.165) is 0 Å². The second-order valence-corrected chi connectivity index (χ2v) is 0. The monoisotopic (exact) mass is 95.0 g/mol. The van der Waals surface area contributed by atoms with Crippen LogP contribution < -0.4 is 18.9 Å². The molecule has 0 rings (SSSR count). The van der Waals surface area contributed by atoms with E-state index in [4.69, 9.17) is 0 Å². The SMILES string of the molecule is [Li+].[Mn+2].[O-2].[OH-]. The summed E-state index contributed by atoms with van der Waals surface area (Å²) in [6, 6.07) is 0. The van der Waals surface area contributed by atoms with Gasteiger partial charge in [-0.2, -0.15) is 0 Å². The van der Waals surface area contributed by atoms with Crippen molar-refractivity contribution >= 4 is 0 Å². The van der Waals surface area contributed by atoms with Crippen molar-refractivity contribution < 1.29 is 46.9 Å². The Labute approximate surface area is 47.2 Å². The van der Waals surface area contributed by atoms with Crippen LogP contribution in [0.3, 0.4) is 0 Å². The third kappa shape index (κ3) is 11.7. The molecule has 21 valence electrons. The molecule has 2 nitrogen and oxygen atoms in total. The molecule has 0 unspecified atom stereocenters. The summed E-state index contributed by atoms with van der Waals surface area (Å²) in [5.74, 6) is 0. The minimum atomic E-state index is 0. The molecular formula is HLiMnO2. The Kier molecular flexibility index (Phi) is 661. The fraction of sp³-hybridized carbons (Fsp3) is 0. The molecule has 1 radical (unpaired) electrons. The van der Waals surface area contributed by atoms with E-state index in [9.17, 15) is 0 Å². The van der Waals surface area contributed by atoms with Crippen LogP contribution in [0.4, 0.5) is 0 Å². The van der Waals surface area contributed by atoms with Crippen molar-refractivity contribution in [3.63, 3.8) is 0 Å². The Hall–Kier alpha value is 1.04. The summed E-state index contributed by atoms with van der Waals surface area (Å²) >= 11 is 0. The van der Waals surface area contributed by atoms with E-state index in [-0.39, 0.29) is 46.9 Å². The molecule has 4 heteroatoms. The van der Waals surface area contributed by atoms with E-state index in [1.165, 1.54) is 0 Å². The molecule has 4 heavy (non-hydrogen) atoms. The van der Waals surface area contributed by atoms with Gasteiger partial charge in [0.1, 0.15) is 0 Å². The predicted molar refractivity (Wildman–Crippen MR) is 2.62 cm³/mol. The zero-order valence-electron chi connectivity index (χ0n) is 2.23. The third-order valence-electron chi connectivity index (χ3n) is 0. The van der Waals surface area contributed by atoms with Crippen LogP contribution in [0.15, 0.2) is 0 Å². The van der Waals surface area contributed by atoms with Gasteiger partial charge in [0, 0.05) is 0 Å². The minimum absolute atomic E-state index is 0. The first-order valence-corrected chi connectivity index (χ1v) is 0. The average molecular weight is 94.9 g/mol. The maximum Gasteiger partial charge on any atom is 2.00 e. The van der Waals surface area contributed by atoms with Gasteiger partial charge in [0.25, 0.3) is 0 Å². The quantitative estimate of drug-likeness (QED) is 0.291. The molecule has 0 aliphatic rings. The van der Waals surface area contributed by atoms with Gasteiger partial charge in [-0.25, -0.2) is 0 Å². The maximum atomic E-state index is 0. The maximum absolute atomic E-state index is 0. The molecule has 0 aromatic carbocycles. The molecule has 0 aliphatic heterocycles. The van der Waals surface area contributed by atoms with Crippen LogP contribution in [0.2, 0.25) is 0 Å². The minimum Gasteiger partial charge on any atom is -2.00 e. The van der Waals surface area contributed by atoms with Gasteiger partial charge < -0.3 is 11.0 Å². The first-order chi connectivity index (χ1) is 0. The van der Waals surface area contributed by atoms with Crippen molar-refractivity contribution in [2.45, 2.75) is 0 Å². The van der Waals surface area contributed by atoms with E-state index < -0.39 is 0 Å². The first-order valence-electron chi connectivity index (χ1n) is 0. The van der Waals surface area contributed by atoms with Gasteiger partial charge in [0.05, 0.1) is 0 Å². The molecule has 0 spiro atoms. The van der Waals surface area contributed by atoms with E-state index in [1.54, 1.807) is 0 Å². The second-order valence-electron chi connectivity index (χ2n) is 0. The molecular weight excluding hydrogens is 93.9 g/mol. The molecule has 0 aromatic rings. The van der Waals surface area contributed by atoms with Gasteiger partial charge in [-0.1, -0.05) is 0 Å². The van der Waals surface area contributed by atoms with Crippen LogP contribution in [0.1, 0.15) is 0 Å². The fourth-order valence-corrected chi connectivity index (χ4v) is 0. The van der Waals surface area contributed by atoms with Crippen LogP contribution in [0.5, 0.6) is 0 Å². The summed E-state index contributed by atoms with van der Waals surface area (Å²) in [5.41, 5.74) is 0. The molecule has 0 saturated carbocycles. The van der Waals surface area contributed by atoms with E-state index in [1.807, 2.05) is 0 Å². The Balaban J connectivity index is 0. The van der Waals surface area contributed by atoms with Gasteiger partial charge in [-0.3, -0.25) is 0 Å². The summed E-state index contributed by atoms with van der Waals surface area (Å²) in [6.07, 6.45) is 0. The van der Waals surface area contributed by atoms with Crippen LogP contribution in [-0.4, -0.2) is 5.48 Å².